The van der Waals surface area contributed by atoms with Crippen LogP contribution in [0.3, 0.4) is 0 Å². The molecule has 2 aromatic rings. The molecule has 0 unspecified atom stereocenters. The average Bonchev–Trinajstić information content (AvgIpc) is 3.23. The highest BCUT2D eigenvalue weighted by Gasteiger charge is 2.27. The molecule has 0 radical (unpaired) electrons. The predicted octanol–water partition coefficient (Wildman–Crippen LogP) is 2.93. The summed E-state index contributed by atoms with van der Waals surface area (Å²) in [6.07, 6.45) is 1.76. The van der Waals surface area contributed by atoms with Crippen LogP contribution in [0.4, 0.5) is 5.69 Å². The van der Waals surface area contributed by atoms with Crippen LogP contribution in [0.25, 0.3) is 11.6 Å². The fourth-order valence-corrected chi connectivity index (χ4v) is 3.04. The Bertz CT molecular complexity index is 934. The number of hydrogen-bond acceptors (Lipinski definition) is 6. The molecule has 2 aliphatic rings. The first kappa shape index (κ1) is 16.1. The number of carbonyl (C=O) groups excluding carboxylic acids is 1. The smallest absolute Gasteiger partial charge is 0.256 e. The molecule has 0 spiro atoms. The first-order chi connectivity index (χ1) is 12.6. The van der Waals surface area contributed by atoms with Crippen molar-refractivity contribution in [1.29, 1.82) is 0 Å². The summed E-state index contributed by atoms with van der Waals surface area (Å²) in [6, 6.07) is 7.05. The van der Waals surface area contributed by atoms with Gasteiger partial charge in [0, 0.05) is 28.8 Å². The average molecular weight is 355 g/mol. The number of rotatable bonds is 4. The molecule has 7 nitrogen and oxygen atoms in total. The molecule has 1 amide bonds. The van der Waals surface area contributed by atoms with Crippen molar-refractivity contribution in [1.82, 2.24) is 0 Å². The summed E-state index contributed by atoms with van der Waals surface area (Å²) >= 11 is 0. The number of carbonyl (C=O) groups is 1. The maximum absolute atomic E-state index is 12.5. The van der Waals surface area contributed by atoms with Crippen molar-refractivity contribution in [3.8, 4) is 28.7 Å². The molecular weight excluding hydrogens is 338 g/mol. The second-order valence-electron chi connectivity index (χ2n) is 5.71. The Morgan fingerprint density at radius 2 is 1.58 bits per heavy atom. The van der Waals surface area contributed by atoms with Crippen LogP contribution in [-0.2, 0) is 4.79 Å². The molecule has 0 saturated carbocycles. The minimum absolute atomic E-state index is 0.166. The molecule has 7 heteroatoms. The van der Waals surface area contributed by atoms with E-state index in [-0.39, 0.29) is 12.7 Å². The van der Waals surface area contributed by atoms with Crippen LogP contribution >= 0.6 is 0 Å². The van der Waals surface area contributed by atoms with Crippen LogP contribution in [0.5, 0.6) is 28.7 Å². The molecule has 1 N–H and O–H groups in total. The zero-order valence-corrected chi connectivity index (χ0v) is 14.5. The van der Waals surface area contributed by atoms with Gasteiger partial charge in [-0.2, -0.15) is 0 Å². The van der Waals surface area contributed by atoms with Crippen molar-refractivity contribution in [3.63, 3.8) is 0 Å². The van der Waals surface area contributed by atoms with Crippen molar-refractivity contribution in [3.05, 3.63) is 35.4 Å². The van der Waals surface area contributed by atoms with Crippen molar-refractivity contribution < 1.29 is 28.5 Å². The summed E-state index contributed by atoms with van der Waals surface area (Å²) in [6.45, 7) is 0.166. The zero-order valence-electron chi connectivity index (χ0n) is 14.5. The molecule has 0 aliphatic carbocycles. The standard InChI is InChI=1S/C19H17NO6/c1-22-14-8-18-17(25-9-26-18)5-10(14)4-12-11-6-15(23-2)16(24-3)7-13(11)20-19(12)21/h4-8H,9H2,1-3H3,(H,20,21)/b12-4-. The van der Waals surface area contributed by atoms with Gasteiger partial charge in [-0.05, 0) is 18.2 Å². The third-order valence-corrected chi connectivity index (χ3v) is 4.33. The van der Waals surface area contributed by atoms with E-state index in [2.05, 4.69) is 5.32 Å². The Labute approximate surface area is 150 Å². The fraction of sp³-hybridized carbons (Fsp3) is 0.211. The molecule has 134 valence electrons. The summed E-state index contributed by atoms with van der Waals surface area (Å²) in [5, 5.41) is 2.84. The van der Waals surface area contributed by atoms with Gasteiger partial charge in [0.05, 0.1) is 27.0 Å². The third-order valence-electron chi connectivity index (χ3n) is 4.33. The van der Waals surface area contributed by atoms with Crippen molar-refractivity contribution in [2.45, 2.75) is 0 Å². The molecule has 26 heavy (non-hydrogen) atoms. The Morgan fingerprint density at radius 3 is 2.27 bits per heavy atom. The van der Waals surface area contributed by atoms with Gasteiger partial charge in [0.15, 0.2) is 23.0 Å². The number of ether oxygens (including phenoxy) is 5. The highest BCUT2D eigenvalue weighted by Crippen LogP contribution is 2.43. The zero-order chi connectivity index (χ0) is 18.3. The highest BCUT2D eigenvalue weighted by atomic mass is 16.7. The number of amides is 1. The second-order valence-corrected chi connectivity index (χ2v) is 5.71. The van der Waals surface area contributed by atoms with Gasteiger partial charge in [-0.15, -0.1) is 0 Å². The van der Waals surface area contributed by atoms with Crippen molar-refractivity contribution in [2.24, 2.45) is 0 Å². The number of hydrogen-bond donors (Lipinski definition) is 1. The molecule has 0 atom stereocenters. The molecule has 2 aromatic carbocycles. The van der Waals surface area contributed by atoms with E-state index in [0.717, 1.165) is 5.56 Å². The first-order valence-corrected chi connectivity index (χ1v) is 7.91. The van der Waals surface area contributed by atoms with E-state index in [1.165, 1.54) is 0 Å². The molecule has 4 rings (SSSR count). The van der Waals surface area contributed by atoms with Crippen molar-refractivity contribution in [2.75, 3.05) is 33.4 Å². The Hall–Kier alpha value is -3.35. The van der Waals surface area contributed by atoms with Crippen molar-refractivity contribution >= 4 is 23.2 Å². The van der Waals surface area contributed by atoms with Crippen LogP contribution in [0.2, 0.25) is 0 Å². The number of anilines is 1. The predicted molar refractivity (Wildman–Crippen MR) is 95.2 cm³/mol. The Morgan fingerprint density at radius 1 is 0.923 bits per heavy atom. The first-order valence-electron chi connectivity index (χ1n) is 7.91. The van der Waals surface area contributed by atoms with Gasteiger partial charge in [-0.3, -0.25) is 4.79 Å². The normalized spacial score (nSPS) is 15.7. The maximum atomic E-state index is 12.5. The summed E-state index contributed by atoms with van der Waals surface area (Å²) in [7, 11) is 4.67. The minimum atomic E-state index is -0.213. The monoisotopic (exact) mass is 355 g/mol. The molecule has 0 fully saturated rings. The van der Waals surface area contributed by atoms with E-state index >= 15 is 0 Å². The summed E-state index contributed by atoms with van der Waals surface area (Å²) in [4.78, 5) is 12.5. The number of methoxy groups -OCH3 is 3. The molecule has 0 bridgehead atoms. The summed E-state index contributed by atoms with van der Waals surface area (Å²) < 4.78 is 26.9. The lowest BCUT2D eigenvalue weighted by Gasteiger charge is -2.10. The van der Waals surface area contributed by atoms with Gasteiger partial charge in [-0.1, -0.05) is 0 Å². The van der Waals surface area contributed by atoms with Crippen LogP contribution in [0.15, 0.2) is 24.3 Å². The van der Waals surface area contributed by atoms with Gasteiger partial charge in [0.2, 0.25) is 6.79 Å². The Kier molecular flexibility index (Phi) is 3.84. The largest absolute Gasteiger partial charge is 0.496 e. The van der Waals surface area contributed by atoms with Crippen LogP contribution < -0.4 is 29.0 Å². The van der Waals surface area contributed by atoms with E-state index in [0.29, 0.717) is 45.6 Å². The van der Waals surface area contributed by atoms with Gasteiger partial charge in [0.25, 0.3) is 5.91 Å². The van der Waals surface area contributed by atoms with E-state index in [1.54, 1.807) is 51.7 Å². The van der Waals surface area contributed by atoms with E-state index < -0.39 is 0 Å². The number of benzene rings is 2. The number of nitrogens with one attached hydrogen (secondary N) is 1. The highest BCUT2D eigenvalue weighted by molar-refractivity contribution is 6.35. The van der Waals surface area contributed by atoms with E-state index in [1.807, 2.05) is 0 Å². The summed E-state index contributed by atoms with van der Waals surface area (Å²) in [5.74, 6) is 2.70. The summed E-state index contributed by atoms with van der Waals surface area (Å²) in [5.41, 5.74) is 2.61. The minimum Gasteiger partial charge on any atom is -0.496 e. The van der Waals surface area contributed by atoms with Crippen LogP contribution in [-0.4, -0.2) is 34.0 Å². The second kappa shape index (κ2) is 6.18. The van der Waals surface area contributed by atoms with E-state index in [4.69, 9.17) is 23.7 Å². The maximum Gasteiger partial charge on any atom is 0.256 e. The lowest BCUT2D eigenvalue weighted by Crippen LogP contribution is -2.03. The van der Waals surface area contributed by atoms with Crippen LogP contribution in [0.1, 0.15) is 11.1 Å². The van der Waals surface area contributed by atoms with E-state index in [9.17, 15) is 4.79 Å². The third kappa shape index (κ3) is 2.48. The lowest BCUT2D eigenvalue weighted by atomic mass is 10.0. The van der Waals surface area contributed by atoms with Gasteiger partial charge in [0.1, 0.15) is 5.75 Å². The van der Waals surface area contributed by atoms with Gasteiger partial charge >= 0.3 is 0 Å². The van der Waals surface area contributed by atoms with Gasteiger partial charge < -0.3 is 29.0 Å². The Balaban J connectivity index is 1.84. The molecule has 0 saturated heterocycles. The molecular formula is C19H17NO6. The quantitative estimate of drug-likeness (QED) is 0.850. The lowest BCUT2D eigenvalue weighted by molar-refractivity contribution is -0.110. The SMILES string of the molecule is COc1cc2c(cc1/C=C1\C(=O)Nc3cc(OC)c(OC)cc31)OCO2. The number of fused-ring (bicyclic) bond motifs is 2. The fourth-order valence-electron chi connectivity index (χ4n) is 3.04. The molecule has 0 aromatic heterocycles. The molecule has 2 aliphatic heterocycles. The van der Waals surface area contributed by atoms with Gasteiger partial charge in [-0.25, -0.2) is 0 Å². The molecule has 2 heterocycles. The van der Waals surface area contributed by atoms with Crippen LogP contribution in [0, 0.1) is 0 Å². The topological polar surface area (TPSA) is 75.3 Å².